The first-order chi connectivity index (χ1) is 68.7. The van der Waals surface area contributed by atoms with Crippen LogP contribution in [0.3, 0.4) is 0 Å². The molecule has 816 valence electrons. The van der Waals surface area contributed by atoms with Crippen molar-refractivity contribution in [3.8, 4) is 0 Å². The van der Waals surface area contributed by atoms with Crippen LogP contribution in [0, 0.1) is 0 Å². The molecule has 10 heterocycles. The smallest absolute Gasteiger partial charge is 0.408 e. The molecule has 0 saturated carbocycles. The van der Waals surface area contributed by atoms with Crippen LogP contribution in [0.15, 0.2) is 61.6 Å². The Morgan fingerprint density at radius 1 is 0.431 bits per heavy atom. The molecule has 2 bridgehead atoms. The number of fused-ring (bicyclic) bond motifs is 6. The van der Waals surface area contributed by atoms with Crippen molar-refractivity contribution < 1.29 is 167 Å². The fraction of sp³-hybridized carbons (Fsp3) is 0.811. The highest BCUT2D eigenvalue weighted by Crippen LogP contribution is 2.49. The number of amides is 4. The molecular formula is C95H154IN13O35. The number of benzene rings is 1. The summed E-state index contributed by atoms with van der Waals surface area (Å²) in [5.74, 6) is -3.32. The van der Waals surface area contributed by atoms with Crippen molar-refractivity contribution in [2.45, 2.75) is 291 Å². The van der Waals surface area contributed by atoms with Crippen molar-refractivity contribution in [2.75, 3.05) is 205 Å². The number of alkyl carbamates (subject to hydrolysis) is 3. The van der Waals surface area contributed by atoms with Gasteiger partial charge in [-0.1, -0.05) is 52.0 Å². The van der Waals surface area contributed by atoms with E-state index in [1.807, 2.05) is 44.2 Å². The minimum atomic E-state index is -1.35. The van der Waals surface area contributed by atoms with Gasteiger partial charge in [-0.05, 0) is 138 Å². The van der Waals surface area contributed by atoms with Crippen LogP contribution in [-0.4, -0.2) is 412 Å². The Morgan fingerprint density at radius 2 is 0.792 bits per heavy atom. The zero-order chi connectivity index (χ0) is 104. The number of aliphatic hydroxyl groups is 2. The van der Waals surface area contributed by atoms with Gasteiger partial charge in [0.05, 0.1) is 281 Å². The largest absolute Gasteiger partial charge is 0.444 e. The first kappa shape index (κ1) is 118. The number of ether oxygens (including phenoxy) is 29. The Bertz CT molecular complexity index is 4450. The van der Waals surface area contributed by atoms with E-state index in [9.17, 15) is 29.4 Å². The molecule has 7 saturated heterocycles. The van der Waals surface area contributed by atoms with Crippen molar-refractivity contribution in [3.05, 3.63) is 84.2 Å². The van der Waals surface area contributed by atoms with Crippen LogP contribution in [0.1, 0.15) is 139 Å². The molecule has 7 aliphatic heterocycles. The molecule has 7 fully saturated rings. The molecule has 4 aromatic rings. The average Bonchev–Trinajstić information content (AvgIpc) is 1.55. The molecule has 0 spiro atoms. The van der Waals surface area contributed by atoms with Gasteiger partial charge in [0.15, 0.2) is 23.7 Å². The van der Waals surface area contributed by atoms with Crippen LogP contribution in [0.5, 0.6) is 0 Å². The number of carbonyl (C=O) groups excluding carboxylic acids is 4. The molecule has 1 aromatic carbocycles. The lowest BCUT2D eigenvalue weighted by Crippen LogP contribution is -2.69. The molecule has 7 aliphatic rings. The van der Waals surface area contributed by atoms with Crippen LogP contribution in [0.4, 0.5) is 14.4 Å². The van der Waals surface area contributed by atoms with Gasteiger partial charge in [-0.25, -0.2) is 28.4 Å². The first-order valence-corrected chi connectivity index (χ1v) is 50.4. The van der Waals surface area contributed by atoms with E-state index in [2.05, 4.69) is 81.4 Å². The molecule has 0 aliphatic carbocycles. The molecule has 49 heteroatoms. The van der Waals surface area contributed by atoms with Gasteiger partial charge >= 0.3 is 18.3 Å². The number of aliphatic hydroxyl groups excluding tert-OH is 2. The predicted molar refractivity (Wildman–Crippen MR) is 513 cm³/mol. The minimum absolute atomic E-state index is 0.00130. The van der Waals surface area contributed by atoms with E-state index >= 15 is 0 Å². The Hall–Kier alpha value is -6.73. The maximum atomic E-state index is 14.2. The van der Waals surface area contributed by atoms with Crippen LogP contribution in [-0.2, 0) is 188 Å². The van der Waals surface area contributed by atoms with Crippen molar-refractivity contribution in [3.63, 3.8) is 0 Å². The highest BCUT2D eigenvalue weighted by atomic mass is 127. The quantitative estimate of drug-likeness (QED) is 0.0115. The summed E-state index contributed by atoms with van der Waals surface area (Å²) in [6, 6.07) is 7.73. The van der Waals surface area contributed by atoms with Gasteiger partial charge in [0, 0.05) is 13.0 Å². The van der Waals surface area contributed by atoms with Gasteiger partial charge in [-0.2, -0.15) is 0 Å². The summed E-state index contributed by atoms with van der Waals surface area (Å²) in [4.78, 5) is 52.8. The lowest BCUT2D eigenvalue weighted by atomic mass is 9.84. The number of nitrogens with one attached hydrogen (secondary N) is 4. The van der Waals surface area contributed by atoms with Gasteiger partial charge in [-0.15, -0.1) is 21.9 Å². The van der Waals surface area contributed by atoms with Crippen LogP contribution in [0.25, 0.3) is 0 Å². The van der Waals surface area contributed by atoms with Gasteiger partial charge in [0.2, 0.25) is 5.91 Å². The maximum Gasteiger partial charge on any atom is 0.408 e. The third-order valence-corrected chi connectivity index (χ3v) is 24.0. The van der Waals surface area contributed by atoms with Crippen LogP contribution < -0.4 is 21.3 Å². The normalized spacial score (nSPS) is 26.1. The summed E-state index contributed by atoms with van der Waals surface area (Å²) in [6.45, 7) is 37.4. The molecule has 4 amide bonds. The molecule has 144 heavy (non-hydrogen) atoms. The predicted octanol–water partition coefficient (Wildman–Crippen LogP) is 4.67. The lowest BCUT2D eigenvalue weighted by molar-refractivity contribution is -0.238. The van der Waals surface area contributed by atoms with Crippen LogP contribution >= 0.6 is 22.6 Å². The molecule has 1 unspecified atom stereocenters. The molecule has 3 aromatic heterocycles. The Morgan fingerprint density at radius 3 is 1.19 bits per heavy atom. The Labute approximate surface area is 855 Å². The van der Waals surface area contributed by atoms with E-state index < -0.39 is 159 Å². The highest BCUT2D eigenvalue weighted by Gasteiger charge is 2.68. The van der Waals surface area contributed by atoms with Crippen molar-refractivity contribution in [1.29, 1.82) is 0 Å². The fourth-order valence-corrected chi connectivity index (χ4v) is 17.8. The second-order valence-corrected chi connectivity index (χ2v) is 41.4. The topological polar surface area (TPSA) is 517 Å². The zero-order valence-corrected chi connectivity index (χ0v) is 88.0. The van der Waals surface area contributed by atoms with E-state index in [-0.39, 0.29) is 118 Å². The third-order valence-electron chi connectivity index (χ3n) is 22.9. The Balaban J connectivity index is 0.606. The van der Waals surface area contributed by atoms with Gasteiger partial charge in [0.25, 0.3) is 0 Å². The molecule has 11 rings (SSSR count). The van der Waals surface area contributed by atoms with E-state index in [0.29, 0.717) is 155 Å². The van der Waals surface area contributed by atoms with Crippen molar-refractivity contribution in [2.24, 2.45) is 0 Å². The molecule has 6 N–H and O–H groups in total. The standard InChI is InChI=1S/C95H154IN13O35/c1-17-70-72(97-83(113)142-86(2,3)4)75-78(137-89(11,12)134-75)93(57-110,133-70)62-126-47-44-122-41-38-119-35-32-116-29-25-107-50-67(101-104-107)54-129-59-92(100-71(112)24-21-28-125-53-66-22-19-18-20-23-66,60-130-55-68-51-108(105-102-68)26-30-117-33-36-120-39-42-123-45-48-127-63-94(58-111)79-76(135-90(13,14)138-79)73(81(96)140-94)98-84(114)143-87(5,6)7)61-131-56-69-52-109(106-103-69)27-31-118-34-37-121-40-43-124-46-49-128-64-95-65-132-82(141-95)74(99-85(115)144-88(8,9)10)77-80(95)139-91(15,16)136-77/h17-20,22-23,50-52,70,72-82,110-111H,1,21,24-49,53-65H2,2-16H3,(H,97,113)(H,98,114)(H,99,115)(H,100,112)/t70-,72+,73-,74-,75-,76-,77-,78-,79-,80-,81+,82+,92?,93-,94-,95+/m1/s1. The van der Waals surface area contributed by atoms with E-state index in [4.69, 9.17) is 137 Å². The summed E-state index contributed by atoms with van der Waals surface area (Å²) >= 11 is 2.07. The van der Waals surface area contributed by atoms with E-state index in [1.165, 1.54) is 6.08 Å². The first-order valence-electron chi connectivity index (χ1n) is 49.2. The maximum absolute atomic E-state index is 14.2. The van der Waals surface area contributed by atoms with Gasteiger partial charge in [0.1, 0.15) is 103 Å². The van der Waals surface area contributed by atoms with Crippen LogP contribution in [0.2, 0.25) is 0 Å². The van der Waals surface area contributed by atoms with E-state index in [0.717, 1.165) is 5.56 Å². The van der Waals surface area contributed by atoms with E-state index in [1.54, 1.807) is 123 Å². The number of aromatic nitrogens is 9. The summed E-state index contributed by atoms with van der Waals surface area (Å²) in [7, 11) is 0. The Kier molecular flexibility index (Phi) is 46.0. The number of hydrogen-bond donors (Lipinski definition) is 6. The van der Waals surface area contributed by atoms with Gasteiger partial charge < -0.3 is 169 Å². The lowest BCUT2D eigenvalue weighted by Gasteiger charge is -2.48. The summed E-state index contributed by atoms with van der Waals surface area (Å²) in [5.41, 5.74) is -4.54. The average molecular weight is 2170 g/mol. The number of halogens is 1. The molecular weight excluding hydrogens is 2010 g/mol. The number of alkyl halides is 1. The second kappa shape index (κ2) is 56.4. The number of nitrogens with zero attached hydrogens (tertiary/aromatic N) is 9. The molecule has 16 atom stereocenters. The third kappa shape index (κ3) is 38.0. The summed E-state index contributed by atoms with van der Waals surface area (Å²) < 4.78 is 179. The van der Waals surface area contributed by atoms with Crippen molar-refractivity contribution >= 4 is 46.8 Å². The zero-order valence-electron chi connectivity index (χ0n) is 85.9. The summed E-state index contributed by atoms with van der Waals surface area (Å²) in [5, 5.41) is 59.4. The summed E-state index contributed by atoms with van der Waals surface area (Å²) in [6.07, 6.45) is -0.307. The SMILES string of the molecule is C=C[C@H]1O[C@](CO)(COCCOCCOCCOCCn2cc(COCC(COCc3cn(CCOCCOCCOCCOC[C@@]4(CO)O[C@H](I)[C@H](NC(=O)OC(C)(C)C)[C@H]5OC(C)(C)O[C@H]54)nn3)(COCc3cn(CCOCCOCCOCCOC[C@@]45CO[C@@H](O4)[C@H](NC(=O)OC(C)(C)C)[C@H]4OC(C)(C)O[C@H]45)nn3)NC(=O)CCCOCc3ccccc3)nn2)[C@@H]2OC(C)(C)O[C@@H]2[C@H]1NC(=O)OC(C)(C)C. The second-order valence-electron chi connectivity index (χ2n) is 40.2. The number of hydrogen-bond acceptors (Lipinski definition) is 41. The minimum Gasteiger partial charge on any atom is -0.444 e. The number of rotatable bonds is 67. The molecule has 48 nitrogen and oxygen atoms in total. The molecule has 0 radical (unpaired) electrons. The fourth-order valence-electron chi connectivity index (χ4n) is 16.7. The number of carbonyl (C=O) groups is 4. The van der Waals surface area contributed by atoms with Gasteiger partial charge in [-0.3, -0.25) is 4.79 Å². The monoisotopic (exact) mass is 2160 g/mol. The van der Waals surface area contributed by atoms with Crippen molar-refractivity contribution in [1.82, 2.24) is 66.2 Å². The highest BCUT2D eigenvalue weighted by molar-refractivity contribution is 14.1.